The quantitative estimate of drug-likeness (QED) is 0.431. The first-order valence-electron chi connectivity index (χ1n) is 9.36. The first-order chi connectivity index (χ1) is 13.8. The maximum atomic E-state index is 13.1. The summed E-state index contributed by atoms with van der Waals surface area (Å²) < 4.78 is 19.2. The Morgan fingerprint density at radius 3 is 2.41 bits per heavy atom. The van der Waals surface area contributed by atoms with Crippen molar-refractivity contribution in [2.24, 2.45) is 0 Å². The van der Waals surface area contributed by atoms with E-state index in [2.05, 4.69) is 27.1 Å². The summed E-state index contributed by atoms with van der Waals surface area (Å²) >= 11 is 0. The van der Waals surface area contributed by atoms with Crippen LogP contribution in [0.2, 0.25) is 0 Å². The van der Waals surface area contributed by atoms with Crippen molar-refractivity contribution >= 4 is 10.9 Å². The molecule has 4 aromatic rings. The molecule has 0 unspecified atom stereocenters. The van der Waals surface area contributed by atoms with Gasteiger partial charge in [0.1, 0.15) is 11.6 Å². The number of aryl methyl sites for hydroxylation is 1. The Labute approximate surface area is 175 Å². The largest absolute Gasteiger partial charge is 1.00 e. The molecule has 0 bridgehead atoms. The highest BCUT2D eigenvalue weighted by molar-refractivity contribution is 5.83. The van der Waals surface area contributed by atoms with E-state index >= 15 is 0 Å². The van der Waals surface area contributed by atoms with Gasteiger partial charge in [0.15, 0.2) is 12.4 Å². The van der Waals surface area contributed by atoms with E-state index in [1.54, 1.807) is 12.1 Å². The molecule has 0 saturated heterocycles. The van der Waals surface area contributed by atoms with Crippen LogP contribution in [0.5, 0.6) is 5.88 Å². The number of pyridine rings is 1. The predicted octanol–water partition coefficient (Wildman–Crippen LogP) is 1.19. The smallest absolute Gasteiger partial charge is 0.224 e. The summed E-state index contributed by atoms with van der Waals surface area (Å²) in [6, 6.07) is 18.4. The molecule has 0 spiro atoms. The van der Waals surface area contributed by atoms with Crippen molar-refractivity contribution in [3.05, 3.63) is 95.8 Å². The monoisotopic (exact) mass is 409 g/mol. The molecule has 2 heterocycles. The van der Waals surface area contributed by atoms with Crippen LogP contribution in [0.4, 0.5) is 4.39 Å². The normalized spacial score (nSPS) is 10.5. The zero-order chi connectivity index (χ0) is 19.2. The van der Waals surface area contributed by atoms with Crippen LogP contribution in [-0.4, -0.2) is 16.6 Å². The van der Waals surface area contributed by atoms with Gasteiger partial charge in [0.25, 0.3) is 0 Å². The molecular formula is C23H21ClFN3O. The number of hydrogen-bond donors (Lipinski definition) is 0. The molecule has 0 saturated carbocycles. The second-order valence-corrected chi connectivity index (χ2v) is 6.63. The van der Waals surface area contributed by atoms with Crippen LogP contribution in [-0.2, 0) is 12.8 Å². The molecule has 0 atom stereocenters. The number of ether oxygens (including phenoxy) is 1. The Morgan fingerprint density at radius 2 is 1.62 bits per heavy atom. The summed E-state index contributed by atoms with van der Waals surface area (Å²) in [5.41, 5.74) is 3.08. The topological polar surface area (TPSA) is 49.2 Å². The third kappa shape index (κ3) is 5.48. The summed E-state index contributed by atoms with van der Waals surface area (Å²) in [6.45, 7) is 0.579. The lowest BCUT2D eigenvalue weighted by atomic mass is 10.1. The van der Waals surface area contributed by atoms with Crippen molar-refractivity contribution in [3.63, 3.8) is 0 Å². The van der Waals surface area contributed by atoms with Gasteiger partial charge in [0.05, 0.1) is 17.5 Å². The van der Waals surface area contributed by atoms with E-state index in [0.717, 1.165) is 29.3 Å². The fraction of sp³-hybridized carbons (Fsp3) is 0.174. The standard InChI is InChI=1S/C23H20FN3O.ClH/c24-19-9-7-18(8-10-19)16-22-26-21-6-2-1-5-20(21)23(27-22)28-15-3-4-17-11-13-25-14-12-17;/h1-2,5-14H,3-4,15-16H2;1H. The number of H-pyrrole nitrogens is 1. The van der Waals surface area contributed by atoms with Crippen molar-refractivity contribution in [2.75, 3.05) is 6.61 Å². The molecule has 0 aliphatic carbocycles. The Bertz CT molecular complexity index is 1060. The van der Waals surface area contributed by atoms with Gasteiger partial charge in [-0.25, -0.2) is 14.4 Å². The van der Waals surface area contributed by atoms with Gasteiger partial charge >= 0.3 is 0 Å². The number of nitrogens with zero attached hydrogens (tertiary/aromatic N) is 2. The maximum Gasteiger partial charge on any atom is 0.224 e. The number of nitrogens with one attached hydrogen (secondary N) is 1. The minimum Gasteiger partial charge on any atom is -1.00 e. The number of benzene rings is 2. The Hall–Kier alpha value is -3.05. The second-order valence-electron chi connectivity index (χ2n) is 6.63. The summed E-state index contributed by atoms with van der Waals surface area (Å²) in [5, 5.41) is 0.902. The van der Waals surface area contributed by atoms with E-state index in [4.69, 9.17) is 4.74 Å². The molecule has 1 N–H and O–H groups in total. The van der Waals surface area contributed by atoms with Gasteiger partial charge in [-0.2, -0.15) is 4.98 Å². The maximum absolute atomic E-state index is 13.1. The van der Waals surface area contributed by atoms with Gasteiger partial charge in [0, 0.05) is 18.6 Å². The van der Waals surface area contributed by atoms with Crippen molar-refractivity contribution in [2.45, 2.75) is 19.3 Å². The van der Waals surface area contributed by atoms with Crippen LogP contribution < -0.4 is 22.1 Å². The molecule has 0 fully saturated rings. The van der Waals surface area contributed by atoms with Gasteiger partial charge in [-0.3, -0.25) is 0 Å². The third-order valence-electron chi connectivity index (χ3n) is 4.53. The molecule has 6 heteroatoms. The lowest BCUT2D eigenvalue weighted by Gasteiger charge is -2.10. The molecule has 2 aromatic carbocycles. The zero-order valence-corrected chi connectivity index (χ0v) is 16.6. The number of aromatic amines is 1. The van der Waals surface area contributed by atoms with Crippen LogP contribution in [0.1, 0.15) is 23.4 Å². The summed E-state index contributed by atoms with van der Waals surface area (Å²) in [5.74, 6) is 1.02. The first kappa shape index (κ1) is 20.7. The highest BCUT2D eigenvalue weighted by Gasteiger charge is 2.10. The van der Waals surface area contributed by atoms with Crippen molar-refractivity contribution in [3.8, 4) is 5.88 Å². The molecule has 4 nitrogen and oxygen atoms in total. The number of aromatic nitrogens is 3. The Morgan fingerprint density at radius 1 is 0.862 bits per heavy atom. The number of rotatable bonds is 7. The van der Waals surface area contributed by atoms with Crippen LogP contribution >= 0.6 is 0 Å². The lowest BCUT2D eigenvalue weighted by molar-refractivity contribution is -0.378. The third-order valence-corrected chi connectivity index (χ3v) is 4.53. The molecule has 0 aliphatic heterocycles. The number of hydrogen-bond acceptors (Lipinski definition) is 3. The number of para-hydroxylation sites is 1. The van der Waals surface area contributed by atoms with Crippen LogP contribution in [0.3, 0.4) is 0 Å². The van der Waals surface area contributed by atoms with Gasteiger partial charge < -0.3 is 17.1 Å². The average Bonchev–Trinajstić information content (AvgIpc) is 2.73. The second kappa shape index (κ2) is 9.94. The van der Waals surface area contributed by atoms with Crippen LogP contribution in [0.25, 0.3) is 10.9 Å². The van der Waals surface area contributed by atoms with E-state index in [-0.39, 0.29) is 18.2 Å². The Balaban J connectivity index is 0.00000240. The molecule has 0 radical (unpaired) electrons. The van der Waals surface area contributed by atoms with Crippen LogP contribution in [0, 0.1) is 5.82 Å². The minimum atomic E-state index is -0.247. The molecular weight excluding hydrogens is 389 g/mol. The molecule has 0 amide bonds. The van der Waals surface area contributed by atoms with E-state index < -0.39 is 0 Å². The van der Waals surface area contributed by atoms with Crippen LogP contribution in [0.15, 0.2) is 73.1 Å². The summed E-state index contributed by atoms with van der Waals surface area (Å²) in [4.78, 5) is 12.3. The van der Waals surface area contributed by atoms with Gasteiger partial charge in [0.2, 0.25) is 5.88 Å². The average molecular weight is 410 g/mol. The highest BCUT2D eigenvalue weighted by Crippen LogP contribution is 2.23. The highest BCUT2D eigenvalue weighted by atomic mass is 35.5. The molecule has 0 aliphatic rings. The fourth-order valence-electron chi connectivity index (χ4n) is 3.10. The fourth-order valence-corrected chi connectivity index (χ4v) is 3.10. The van der Waals surface area contributed by atoms with E-state index in [0.29, 0.717) is 24.7 Å². The first-order valence-corrected chi connectivity index (χ1v) is 9.36. The lowest BCUT2D eigenvalue weighted by Crippen LogP contribution is -3.00. The zero-order valence-electron chi connectivity index (χ0n) is 15.8. The molecule has 148 valence electrons. The van der Waals surface area contributed by atoms with Gasteiger partial charge in [-0.1, -0.05) is 24.3 Å². The van der Waals surface area contributed by atoms with Gasteiger partial charge in [-0.05, 0) is 48.2 Å². The number of fused-ring (bicyclic) bond motifs is 1. The van der Waals surface area contributed by atoms with Crippen molar-refractivity contribution in [1.82, 2.24) is 9.97 Å². The van der Waals surface area contributed by atoms with E-state index in [1.165, 1.54) is 17.7 Å². The van der Waals surface area contributed by atoms with Crippen molar-refractivity contribution < 1.29 is 26.5 Å². The van der Waals surface area contributed by atoms with E-state index in [9.17, 15) is 4.39 Å². The van der Waals surface area contributed by atoms with Gasteiger partial charge in [-0.15, -0.1) is 0 Å². The molecule has 29 heavy (non-hydrogen) atoms. The summed E-state index contributed by atoms with van der Waals surface area (Å²) in [6.07, 6.45) is 6.23. The SMILES string of the molecule is Fc1ccc(Cc2nc(OCCCc3cc[nH+]cc3)c3ccccc3n2)cc1.[Cl-]. The van der Waals surface area contributed by atoms with Crippen molar-refractivity contribution in [1.29, 1.82) is 0 Å². The minimum absolute atomic E-state index is 0. The molecule has 2 aromatic heterocycles. The number of halogens is 2. The molecule has 4 rings (SSSR count). The Kier molecular flexibility index (Phi) is 7.09. The summed E-state index contributed by atoms with van der Waals surface area (Å²) in [7, 11) is 0. The van der Waals surface area contributed by atoms with E-state index in [1.807, 2.05) is 36.7 Å². The predicted molar refractivity (Wildman–Crippen MR) is 106 cm³/mol.